The topological polar surface area (TPSA) is 20.3 Å². The van der Waals surface area contributed by atoms with E-state index in [9.17, 15) is 4.79 Å². The molecule has 1 heterocycles. The molecule has 2 nitrogen and oxygen atoms in total. The molecule has 1 aliphatic heterocycles. The van der Waals surface area contributed by atoms with Gasteiger partial charge in [0, 0.05) is 18.5 Å². The van der Waals surface area contributed by atoms with E-state index < -0.39 is 0 Å². The lowest BCUT2D eigenvalue weighted by Gasteiger charge is -2.41. The molecule has 0 radical (unpaired) electrons. The molecule has 2 fully saturated rings. The third kappa shape index (κ3) is 1.36. The number of carbonyl (C=O) groups is 1. The Morgan fingerprint density at radius 2 is 1.92 bits per heavy atom. The molecule has 0 unspecified atom stereocenters. The number of nitrogens with zero attached hydrogens (tertiary/aromatic N) is 1. The minimum Gasteiger partial charge on any atom is -0.337 e. The Kier molecular flexibility index (Phi) is 2.31. The predicted molar refractivity (Wildman–Crippen MR) is 52.4 cm³/mol. The Hall–Kier alpha value is -0.530. The van der Waals surface area contributed by atoms with Gasteiger partial charge in [0.15, 0.2) is 0 Å². The second kappa shape index (κ2) is 3.32. The minimum atomic E-state index is 0.296. The average molecular weight is 181 g/mol. The number of carbonyl (C=O) groups excluding carboxylic acids is 1. The fourth-order valence-electron chi connectivity index (χ4n) is 3.12. The molecule has 1 amide bonds. The average Bonchev–Trinajstić information content (AvgIpc) is 2.45. The van der Waals surface area contributed by atoms with Gasteiger partial charge in [0.05, 0.1) is 0 Å². The van der Waals surface area contributed by atoms with Crippen molar-refractivity contribution in [2.75, 3.05) is 6.54 Å². The van der Waals surface area contributed by atoms with Crippen molar-refractivity contribution in [1.82, 2.24) is 4.90 Å². The van der Waals surface area contributed by atoms with Crippen LogP contribution >= 0.6 is 0 Å². The lowest BCUT2D eigenvalue weighted by atomic mass is 9.80. The maximum atomic E-state index is 11.6. The third-order valence-corrected chi connectivity index (χ3v) is 3.78. The van der Waals surface area contributed by atoms with Crippen molar-refractivity contribution in [2.45, 2.75) is 57.4 Å². The van der Waals surface area contributed by atoms with E-state index >= 15 is 0 Å². The highest BCUT2D eigenvalue weighted by molar-refractivity contribution is 5.79. The highest BCUT2D eigenvalue weighted by Gasteiger charge is 2.44. The van der Waals surface area contributed by atoms with Crippen molar-refractivity contribution in [1.29, 1.82) is 0 Å². The Morgan fingerprint density at radius 1 is 1.23 bits per heavy atom. The van der Waals surface area contributed by atoms with Crippen molar-refractivity contribution >= 4 is 5.91 Å². The van der Waals surface area contributed by atoms with Crippen molar-refractivity contribution in [3.05, 3.63) is 0 Å². The zero-order valence-corrected chi connectivity index (χ0v) is 8.51. The van der Waals surface area contributed by atoms with E-state index in [4.69, 9.17) is 0 Å². The first-order chi connectivity index (χ1) is 6.28. The highest BCUT2D eigenvalue weighted by Crippen LogP contribution is 2.41. The summed E-state index contributed by atoms with van der Waals surface area (Å²) in [7, 11) is 0. The van der Waals surface area contributed by atoms with Crippen LogP contribution in [0.1, 0.15) is 51.9 Å². The Balaban J connectivity index is 2.15. The van der Waals surface area contributed by atoms with Crippen molar-refractivity contribution in [3.8, 4) is 0 Å². The molecule has 1 saturated heterocycles. The summed E-state index contributed by atoms with van der Waals surface area (Å²) in [5.41, 5.74) is 0.296. The predicted octanol–water partition coefficient (Wildman–Crippen LogP) is 2.33. The standard InChI is InChI=1S/C11H19NO/c1-2-12-10(13)6-9-11(12)7-4-3-5-8-11/h2-9H2,1H3. The molecule has 2 rings (SSSR count). The van der Waals surface area contributed by atoms with E-state index in [-0.39, 0.29) is 0 Å². The molecule has 0 aromatic heterocycles. The van der Waals surface area contributed by atoms with Gasteiger partial charge in [0.2, 0.25) is 5.91 Å². The summed E-state index contributed by atoms with van der Waals surface area (Å²) in [6.45, 7) is 3.03. The van der Waals surface area contributed by atoms with Gasteiger partial charge in [-0.15, -0.1) is 0 Å². The summed E-state index contributed by atoms with van der Waals surface area (Å²) in [5, 5.41) is 0. The fraction of sp³-hybridized carbons (Fsp3) is 0.909. The number of amides is 1. The number of hydrogen-bond acceptors (Lipinski definition) is 1. The van der Waals surface area contributed by atoms with E-state index in [1.54, 1.807) is 0 Å². The van der Waals surface area contributed by atoms with E-state index in [0.717, 1.165) is 19.4 Å². The maximum absolute atomic E-state index is 11.6. The van der Waals surface area contributed by atoms with Crippen LogP contribution in [0.25, 0.3) is 0 Å². The first-order valence-corrected chi connectivity index (χ1v) is 5.59. The van der Waals surface area contributed by atoms with Gasteiger partial charge < -0.3 is 4.90 Å². The van der Waals surface area contributed by atoms with E-state index in [0.29, 0.717) is 11.4 Å². The molecular formula is C11H19NO. The molecule has 13 heavy (non-hydrogen) atoms. The van der Waals surface area contributed by atoms with Crippen LogP contribution in [0.4, 0.5) is 0 Å². The quantitative estimate of drug-likeness (QED) is 0.608. The minimum absolute atomic E-state index is 0.296. The molecule has 1 saturated carbocycles. The van der Waals surface area contributed by atoms with E-state index in [2.05, 4.69) is 11.8 Å². The number of rotatable bonds is 1. The van der Waals surface area contributed by atoms with Gasteiger partial charge in [-0.05, 0) is 26.2 Å². The largest absolute Gasteiger partial charge is 0.337 e. The number of likely N-dealkylation sites (tertiary alicyclic amines) is 1. The second-order valence-electron chi connectivity index (χ2n) is 4.42. The van der Waals surface area contributed by atoms with Crippen LogP contribution in [0.2, 0.25) is 0 Å². The van der Waals surface area contributed by atoms with Crippen molar-refractivity contribution < 1.29 is 4.79 Å². The van der Waals surface area contributed by atoms with Crippen molar-refractivity contribution in [2.24, 2.45) is 0 Å². The lowest BCUT2D eigenvalue weighted by molar-refractivity contribution is -0.131. The normalized spacial score (nSPS) is 27.2. The van der Waals surface area contributed by atoms with Gasteiger partial charge in [0.25, 0.3) is 0 Å². The van der Waals surface area contributed by atoms with Gasteiger partial charge in [-0.3, -0.25) is 4.79 Å². The van der Waals surface area contributed by atoms with Crippen LogP contribution in [-0.4, -0.2) is 22.9 Å². The van der Waals surface area contributed by atoms with Crippen LogP contribution in [0.3, 0.4) is 0 Å². The first kappa shape index (κ1) is 9.04. The third-order valence-electron chi connectivity index (χ3n) is 3.78. The van der Waals surface area contributed by atoms with Crippen LogP contribution < -0.4 is 0 Å². The molecule has 1 spiro atoms. The number of hydrogen-bond donors (Lipinski definition) is 0. The van der Waals surface area contributed by atoms with Gasteiger partial charge >= 0.3 is 0 Å². The monoisotopic (exact) mass is 181 g/mol. The van der Waals surface area contributed by atoms with Crippen molar-refractivity contribution in [3.63, 3.8) is 0 Å². The SMILES string of the molecule is CCN1C(=O)CCC12CCCCC2. The zero-order valence-electron chi connectivity index (χ0n) is 8.51. The van der Waals surface area contributed by atoms with Crippen LogP contribution in [-0.2, 0) is 4.79 Å². The van der Waals surface area contributed by atoms with Gasteiger partial charge in [0.1, 0.15) is 0 Å². The molecule has 0 aromatic rings. The van der Waals surface area contributed by atoms with E-state index in [1.807, 2.05) is 0 Å². The molecular weight excluding hydrogens is 162 g/mol. The molecule has 2 aliphatic rings. The second-order valence-corrected chi connectivity index (χ2v) is 4.42. The molecule has 1 aliphatic carbocycles. The summed E-state index contributed by atoms with van der Waals surface area (Å²) in [6.07, 6.45) is 8.45. The Labute approximate surface area is 80.3 Å². The summed E-state index contributed by atoms with van der Waals surface area (Å²) in [5.74, 6) is 0.393. The lowest BCUT2D eigenvalue weighted by Crippen LogP contribution is -2.46. The van der Waals surface area contributed by atoms with Gasteiger partial charge in [-0.2, -0.15) is 0 Å². The Bertz CT molecular complexity index is 206. The van der Waals surface area contributed by atoms with Crippen LogP contribution in [0.5, 0.6) is 0 Å². The van der Waals surface area contributed by atoms with E-state index in [1.165, 1.54) is 32.1 Å². The van der Waals surface area contributed by atoms with Crippen LogP contribution in [0, 0.1) is 0 Å². The molecule has 0 N–H and O–H groups in total. The summed E-state index contributed by atoms with van der Waals surface area (Å²) in [6, 6.07) is 0. The fourth-order valence-corrected chi connectivity index (χ4v) is 3.12. The van der Waals surface area contributed by atoms with Gasteiger partial charge in [-0.25, -0.2) is 0 Å². The summed E-state index contributed by atoms with van der Waals surface area (Å²) < 4.78 is 0. The van der Waals surface area contributed by atoms with Gasteiger partial charge in [-0.1, -0.05) is 19.3 Å². The zero-order chi connectivity index (χ0) is 9.31. The smallest absolute Gasteiger partial charge is 0.223 e. The molecule has 0 atom stereocenters. The van der Waals surface area contributed by atoms with Crippen LogP contribution in [0.15, 0.2) is 0 Å². The summed E-state index contributed by atoms with van der Waals surface area (Å²) in [4.78, 5) is 13.7. The molecule has 2 heteroatoms. The molecule has 74 valence electrons. The summed E-state index contributed by atoms with van der Waals surface area (Å²) >= 11 is 0. The molecule has 0 bridgehead atoms. The maximum Gasteiger partial charge on any atom is 0.223 e. The first-order valence-electron chi connectivity index (χ1n) is 5.59. The molecule has 0 aromatic carbocycles. The highest BCUT2D eigenvalue weighted by atomic mass is 16.2. The Morgan fingerprint density at radius 3 is 2.54 bits per heavy atom.